The van der Waals surface area contributed by atoms with Gasteiger partial charge in [0.15, 0.2) is 27.9 Å². The van der Waals surface area contributed by atoms with Crippen molar-refractivity contribution in [2.45, 2.75) is 24.5 Å². The molecule has 4 heterocycles. The number of hydrogen-bond acceptors (Lipinski definition) is 9. The standard InChI is InChI=1S/C10H11BrN5O6P/c11-10-15-4-7(12)13-2-14-8(4)16(10)9-5(17)6-3(21-9)1-20-23(18,19)22-6/h2-3,5-6,9,17H,1H2,(H,18,19)(H2,12,13,14)/t3-,5+,6-,9-/m0/s1. The molecule has 1 unspecified atom stereocenters. The van der Waals surface area contributed by atoms with Crippen LogP contribution in [0.1, 0.15) is 6.23 Å². The molecule has 13 heteroatoms. The smallest absolute Gasteiger partial charge is 0.386 e. The van der Waals surface area contributed by atoms with Gasteiger partial charge >= 0.3 is 7.82 Å². The number of phosphoric acid groups is 1. The van der Waals surface area contributed by atoms with Gasteiger partial charge in [-0.3, -0.25) is 13.6 Å². The third-order valence-corrected chi connectivity index (χ3v) is 5.23. The number of aliphatic hydroxyl groups excluding tert-OH is 1. The number of ether oxygens (including phenoxy) is 1. The maximum Gasteiger partial charge on any atom is 0.472 e. The van der Waals surface area contributed by atoms with Gasteiger partial charge in [-0.25, -0.2) is 19.5 Å². The number of hydrogen-bond donors (Lipinski definition) is 3. The predicted octanol–water partition coefficient (Wildman–Crippen LogP) is -0.0549. The lowest BCUT2D eigenvalue weighted by molar-refractivity contribution is -0.0669. The van der Waals surface area contributed by atoms with Crippen LogP contribution in [0.2, 0.25) is 0 Å². The second kappa shape index (κ2) is 5.18. The molecule has 0 amide bonds. The van der Waals surface area contributed by atoms with Crippen molar-refractivity contribution in [2.24, 2.45) is 0 Å². The third-order valence-electron chi connectivity index (χ3n) is 3.68. The lowest BCUT2D eigenvalue weighted by atomic mass is 10.1. The minimum atomic E-state index is -4.19. The Morgan fingerprint density at radius 3 is 3.04 bits per heavy atom. The fraction of sp³-hybridized carbons (Fsp3) is 0.500. The molecular formula is C10H11BrN5O6P. The molecular weight excluding hydrogens is 397 g/mol. The van der Waals surface area contributed by atoms with Crippen molar-refractivity contribution in [3.05, 3.63) is 11.1 Å². The number of aromatic nitrogens is 4. The van der Waals surface area contributed by atoms with Gasteiger partial charge in [0.1, 0.15) is 24.6 Å². The van der Waals surface area contributed by atoms with E-state index in [9.17, 15) is 14.6 Å². The van der Waals surface area contributed by atoms with Gasteiger partial charge in [-0.2, -0.15) is 0 Å². The highest BCUT2D eigenvalue weighted by molar-refractivity contribution is 9.10. The molecule has 23 heavy (non-hydrogen) atoms. The van der Waals surface area contributed by atoms with E-state index in [1.807, 2.05) is 0 Å². The number of anilines is 1. The Bertz CT molecular complexity index is 831. The van der Waals surface area contributed by atoms with Crippen LogP contribution < -0.4 is 5.73 Å². The Labute approximate surface area is 137 Å². The summed E-state index contributed by atoms with van der Waals surface area (Å²) in [6.07, 6.45) is -2.62. The summed E-state index contributed by atoms with van der Waals surface area (Å²) < 4.78 is 28.6. The summed E-state index contributed by atoms with van der Waals surface area (Å²) in [5, 5.41) is 10.5. The Morgan fingerprint density at radius 2 is 2.26 bits per heavy atom. The quantitative estimate of drug-likeness (QED) is 0.432. The number of aliphatic hydroxyl groups is 1. The summed E-state index contributed by atoms with van der Waals surface area (Å²) >= 11 is 3.26. The van der Waals surface area contributed by atoms with Crippen LogP contribution in [-0.4, -0.2) is 54.4 Å². The maximum atomic E-state index is 11.5. The van der Waals surface area contributed by atoms with E-state index in [4.69, 9.17) is 19.5 Å². The van der Waals surface area contributed by atoms with Crippen LogP contribution in [0.25, 0.3) is 11.2 Å². The molecule has 0 saturated carbocycles. The van der Waals surface area contributed by atoms with Crippen molar-refractivity contribution in [3.8, 4) is 0 Å². The Balaban J connectivity index is 1.76. The zero-order chi connectivity index (χ0) is 16.4. The largest absolute Gasteiger partial charge is 0.472 e. The molecule has 2 aliphatic rings. The maximum absolute atomic E-state index is 11.5. The minimum absolute atomic E-state index is 0.173. The molecule has 4 rings (SSSR count). The number of nitrogens with zero attached hydrogens (tertiary/aromatic N) is 4. The average molecular weight is 408 g/mol. The molecule has 5 atom stereocenters. The lowest BCUT2D eigenvalue weighted by Gasteiger charge is -2.27. The number of rotatable bonds is 1. The fourth-order valence-electron chi connectivity index (χ4n) is 2.67. The van der Waals surface area contributed by atoms with Gasteiger partial charge in [0.05, 0.1) is 6.61 Å². The number of halogens is 1. The normalized spacial score (nSPS) is 37.2. The monoisotopic (exact) mass is 407 g/mol. The second-order valence-electron chi connectivity index (χ2n) is 5.07. The van der Waals surface area contributed by atoms with Gasteiger partial charge in [0.2, 0.25) is 0 Å². The van der Waals surface area contributed by atoms with Crippen LogP contribution in [0.5, 0.6) is 0 Å². The van der Waals surface area contributed by atoms with Gasteiger partial charge in [-0.15, -0.1) is 0 Å². The number of nitrogens with two attached hydrogens (primary N) is 1. The van der Waals surface area contributed by atoms with Crippen molar-refractivity contribution in [2.75, 3.05) is 12.3 Å². The first-order valence-electron chi connectivity index (χ1n) is 6.50. The molecule has 11 nitrogen and oxygen atoms in total. The molecule has 2 aromatic heterocycles. The van der Waals surface area contributed by atoms with Gasteiger partial charge in [0, 0.05) is 0 Å². The number of fused-ring (bicyclic) bond motifs is 2. The molecule has 2 aliphatic heterocycles. The summed E-state index contributed by atoms with van der Waals surface area (Å²) in [5.74, 6) is 0.179. The van der Waals surface area contributed by atoms with E-state index in [2.05, 4.69) is 30.9 Å². The molecule has 124 valence electrons. The molecule has 2 aromatic rings. The molecule has 0 aromatic carbocycles. The van der Waals surface area contributed by atoms with Crippen LogP contribution >= 0.6 is 23.8 Å². The van der Waals surface area contributed by atoms with E-state index in [1.165, 1.54) is 10.9 Å². The van der Waals surface area contributed by atoms with Gasteiger partial charge in [0.25, 0.3) is 0 Å². The zero-order valence-corrected chi connectivity index (χ0v) is 13.8. The summed E-state index contributed by atoms with van der Waals surface area (Å²) in [5.41, 5.74) is 6.45. The van der Waals surface area contributed by atoms with Crippen LogP contribution in [0.4, 0.5) is 5.82 Å². The van der Waals surface area contributed by atoms with Gasteiger partial charge in [-0.05, 0) is 15.9 Å². The number of nitrogen functional groups attached to an aromatic ring is 1. The highest BCUT2D eigenvalue weighted by atomic mass is 79.9. The minimum Gasteiger partial charge on any atom is -0.386 e. The first-order chi connectivity index (χ1) is 10.9. The Hall–Kier alpha value is -1.14. The Morgan fingerprint density at radius 1 is 1.48 bits per heavy atom. The van der Waals surface area contributed by atoms with Crippen LogP contribution in [0.15, 0.2) is 11.1 Å². The molecule has 2 saturated heterocycles. The topological polar surface area (TPSA) is 155 Å². The summed E-state index contributed by atoms with van der Waals surface area (Å²) in [6.45, 7) is -0.173. The van der Waals surface area contributed by atoms with Crippen molar-refractivity contribution in [3.63, 3.8) is 0 Å². The lowest BCUT2D eigenvalue weighted by Crippen LogP contribution is -2.39. The molecule has 0 spiro atoms. The molecule has 0 radical (unpaired) electrons. The van der Waals surface area contributed by atoms with Crippen LogP contribution in [-0.2, 0) is 18.3 Å². The van der Waals surface area contributed by atoms with Crippen molar-refractivity contribution in [1.82, 2.24) is 19.5 Å². The number of imidazole rings is 1. The highest BCUT2D eigenvalue weighted by Gasteiger charge is 2.53. The molecule has 4 N–H and O–H groups in total. The molecule has 0 aliphatic carbocycles. The highest BCUT2D eigenvalue weighted by Crippen LogP contribution is 2.52. The summed E-state index contributed by atoms with van der Waals surface area (Å²) in [7, 11) is -4.19. The van der Waals surface area contributed by atoms with Gasteiger partial charge < -0.3 is 20.5 Å². The number of phosphoric ester groups is 1. The third kappa shape index (κ3) is 2.38. The van der Waals surface area contributed by atoms with E-state index >= 15 is 0 Å². The first kappa shape index (κ1) is 15.4. The van der Waals surface area contributed by atoms with Crippen molar-refractivity contribution < 1.29 is 28.3 Å². The predicted molar refractivity (Wildman–Crippen MR) is 78.0 cm³/mol. The molecule has 0 bridgehead atoms. The Kier molecular flexibility index (Phi) is 3.47. The van der Waals surface area contributed by atoms with E-state index in [1.54, 1.807) is 0 Å². The van der Waals surface area contributed by atoms with E-state index in [-0.39, 0.29) is 12.4 Å². The van der Waals surface area contributed by atoms with Crippen LogP contribution in [0.3, 0.4) is 0 Å². The van der Waals surface area contributed by atoms with Crippen LogP contribution in [0, 0.1) is 0 Å². The first-order valence-corrected chi connectivity index (χ1v) is 8.79. The summed E-state index contributed by atoms with van der Waals surface area (Å²) in [6, 6.07) is 0. The zero-order valence-electron chi connectivity index (χ0n) is 11.3. The van der Waals surface area contributed by atoms with E-state index < -0.39 is 32.4 Å². The van der Waals surface area contributed by atoms with Crippen molar-refractivity contribution >= 4 is 40.7 Å². The average Bonchev–Trinajstić information content (AvgIpc) is 2.97. The van der Waals surface area contributed by atoms with Crippen molar-refractivity contribution in [1.29, 1.82) is 0 Å². The second-order valence-corrected chi connectivity index (χ2v) is 7.19. The summed E-state index contributed by atoms with van der Waals surface area (Å²) in [4.78, 5) is 21.5. The fourth-order valence-corrected chi connectivity index (χ4v) is 4.19. The van der Waals surface area contributed by atoms with E-state index in [0.29, 0.717) is 15.9 Å². The van der Waals surface area contributed by atoms with E-state index in [0.717, 1.165) is 0 Å². The molecule has 2 fully saturated rings. The van der Waals surface area contributed by atoms with Gasteiger partial charge in [-0.1, -0.05) is 0 Å². The SMILES string of the molecule is Nc1ncnc2c1nc(Br)n2[C@H]1O[C@H]2COP(=O)(O)O[C@@H]2[C@H]1O.